The van der Waals surface area contributed by atoms with Crippen LogP contribution in [0.2, 0.25) is 0 Å². The summed E-state index contributed by atoms with van der Waals surface area (Å²) in [5.41, 5.74) is 1.60. The summed E-state index contributed by atoms with van der Waals surface area (Å²) in [5.74, 6) is -1.27. The number of carbonyl (C=O) groups excluding carboxylic acids is 1. The van der Waals surface area contributed by atoms with Crippen LogP contribution >= 0.6 is 0 Å². The highest BCUT2D eigenvalue weighted by Crippen LogP contribution is 2.30. The maximum absolute atomic E-state index is 12.6. The number of hydrogen-bond acceptors (Lipinski definition) is 4. The zero-order valence-corrected chi connectivity index (χ0v) is 16.1. The molecule has 3 aromatic rings. The molecule has 1 aromatic heterocycles. The summed E-state index contributed by atoms with van der Waals surface area (Å²) in [7, 11) is 0. The predicted molar refractivity (Wildman–Crippen MR) is 105 cm³/mol. The Kier molecular flexibility index (Phi) is 5.91. The number of alkyl halides is 3. The third-order valence-corrected chi connectivity index (χ3v) is 4.29. The van der Waals surface area contributed by atoms with Gasteiger partial charge in [0.25, 0.3) is 5.56 Å². The molecule has 1 heterocycles. The minimum atomic E-state index is -4.91. The highest BCUT2D eigenvalue weighted by atomic mass is 19.4. The van der Waals surface area contributed by atoms with Gasteiger partial charge in [0.2, 0.25) is 5.91 Å². The molecule has 0 radical (unpaired) electrons. The maximum Gasteiger partial charge on any atom is 0.573 e. The van der Waals surface area contributed by atoms with Gasteiger partial charge in [-0.1, -0.05) is 42.0 Å². The van der Waals surface area contributed by atoms with E-state index in [1.54, 1.807) is 6.07 Å². The second-order valence-electron chi connectivity index (χ2n) is 6.58. The Labute approximate surface area is 169 Å². The minimum Gasteiger partial charge on any atom is -0.404 e. The van der Waals surface area contributed by atoms with E-state index in [-0.39, 0.29) is 5.69 Å². The molecule has 156 valence electrons. The number of carbonyl (C=O) groups is 1. The topological polar surface area (TPSA) is 73.2 Å². The fraction of sp³-hybridized carbons (Fsp3) is 0.190. The van der Waals surface area contributed by atoms with Gasteiger partial charge >= 0.3 is 6.36 Å². The molecule has 0 spiro atoms. The van der Waals surface area contributed by atoms with Gasteiger partial charge in [0.1, 0.15) is 6.04 Å². The zero-order valence-electron chi connectivity index (χ0n) is 16.1. The number of nitrogens with one attached hydrogen (secondary N) is 1. The number of nitrogens with zero attached hydrogens (tertiary/aromatic N) is 2. The third kappa shape index (κ3) is 5.05. The van der Waals surface area contributed by atoms with Crippen molar-refractivity contribution in [3.63, 3.8) is 0 Å². The molecule has 0 saturated heterocycles. The fourth-order valence-corrected chi connectivity index (χ4v) is 2.71. The van der Waals surface area contributed by atoms with Crippen LogP contribution in [0.4, 0.5) is 18.9 Å². The smallest absolute Gasteiger partial charge is 0.404 e. The van der Waals surface area contributed by atoms with E-state index in [1.165, 1.54) is 31.2 Å². The van der Waals surface area contributed by atoms with Gasteiger partial charge in [-0.2, -0.15) is 5.10 Å². The van der Waals surface area contributed by atoms with Gasteiger partial charge in [0.05, 0.1) is 11.4 Å². The van der Waals surface area contributed by atoms with Crippen LogP contribution in [0.1, 0.15) is 18.5 Å². The van der Waals surface area contributed by atoms with Crippen molar-refractivity contribution in [2.24, 2.45) is 0 Å². The Bertz CT molecular complexity index is 1110. The van der Waals surface area contributed by atoms with Gasteiger partial charge in [0, 0.05) is 11.6 Å². The van der Waals surface area contributed by atoms with Gasteiger partial charge in [-0.25, -0.2) is 4.68 Å². The van der Waals surface area contributed by atoms with Crippen molar-refractivity contribution in [2.45, 2.75) is 26.3 Å². The molecule has 0 bridgehead atoms. The number of rotatable bonds is 5. The molecule has 2 aromatic carbocycles. The standard InChI is InChI=1S/C21H18F3N3O3/c1-13-7-9-15(10-8-13)16-11-12-19(28)27(26-16)14(2)20(29)25-17-5-3-4-6-18(17)30-21(22,23)24/h3-12,14H,1-2H3,(H,25,29). The molecule has 0 fully saturated rings. The number of halogens is 3. The molecule has 1 unspecified atom stereocenters. The third-order valence-electron chi connectivity index (χ3n) is 4.29. The number of para-hydroxylation sites is 2. The molecular weight excluding hydrogens is 399 g/mol. The molecule has 1 amide bonds. The highest BCUT2D eigenvalue weighted by molar-refractivity contribution is 5.94. The Hall–Kier alpha value is -3.62. The summed E-state index contributed by atoms with van der Waals surface area (Å²) >= 11 is 0. The van der Waals surface area contributed by atoms with Crippen LogP contribution in [0.25, 0.3) is 11.3 Å². The minimum absolute atomic E-state index is 0.172. The predicted octanol–water partition coefficient (Wildman–Crippen LogP) is 4.32. The monoisotopic (exact) mass is 417 g/mol. The van der Waals surface area contributed by atoms with Crippen molar-refractivity contribution >= 4 is 11.6 Å². The van der Waals surface area contributed by atoms with Crippen LogP contribution in [-0.2, 0) is 4.79 Å². The van der Waals surface area contributed by atoms with Crippen LogP contribution in [0.15, 0.2) is 65.5 Å². The molecule has 30 heavy (non-hydrogen) atoms. The number of benzene rings is 2. The highest BCUT2D eigenvalue weighted by Gasteiger charge is 2.32. The van der Waals surface area contributed by atoms with Gasteiger partial charge in [-0.05, 0) is 32.0 Å². The Morgan fingerprint density at radius 2 is 1.73 bits per heavy atom. The van der Waals surface area contributed by atoms with Gasteiger partial charge in [0.15, 0.2) is 5.75 Å². The maximum atomic E-state index is 12.6. The molecule has 9 heteroatoms. The summed E-state index contributed by atoms with van der Waals surface area (Å²) in [4.78, 5) is 24.9. The fourth-order valence-electron chi connectivity index (χ4n) is 2.71. The van der Waals surface area contributed by atoms with E-state index < -0.39 is 29.6 Å². The van der Waals surface area contributed by atoms with Crippen molar-refractivity contribution in [3.05, 3.63) is 76.6 Å². The largest absolute Gasteiger partial charge is 0.573 e. The molecule has 1 atom stereocenters. The van der Waals surface area contributed by atoms with Crippen LogP contribution < -0.4 is 15.6 Å². The second-order valence-corrected chi connectivity index (χ2v) is 6.58. The molecule has 6 nitrogen and oxygen atoms in total. The van der Waals surface area contributed by atoms with Crippen LogP contribution in [0.5, 0.6) is 5.75 Å². The Morgan fingerprint density at radius 3 is 2.40 bits per heavy atom. The van der Waals surface area contributed by atoms with Crippen molar-refractivity contribution in [1.29, 1.82) is 0 Å². The van der Waals surface area contributed by atoms with E-state index in [4.69, 9.17) is 0 Å². The molecule has 0 aliphatic carbocycles. The van der Waals surface area contributed by atoms with E-state index >= 15 is 0 Å². The van der Waals surface area contributed by atoms with E-state index in [0.29, 0.717) is 5.69 Å². The average molecular weight is 417 g/mol. The SMILES string of the molecule is Cc1ccc(-c2ccc(=O)n(C(C)C(=O)Nc3ccccc3OC(F)(F)F)n2)cc1. The number of aryl methyl sites for hydroxylation is 1. The number of hydrogen-bond donors (Lipinski definition) is 1. The number of aromatic nitrogens is 2. The van der Waals surface area contributed by atoms with Gasteiger partial charge in [-0.3, -0.25) is 9.59 Å². The zero-order chi connectivity index (χ0) is 21.9. The quantitative estimate of drug-likeness (QED) is 0.671. The van der Waals surface area contributed by atoms with Crippen molar-refractivity contribution in [1.82, 2.24) is 9.78 Å². The van der Waals surface area contributed by atoms with Crippen LogP contribution in [0.3, 0.4) is 0 Å². The average Bonchev–Trinajstić information content (AvgIpc) is 2.69. The summed E-state index contributed by atoms with van der Waals surface area (Å²) in [5, 5.41) is 6.61. The number of ether oxygens (including phenoxy) is 1. The lowest BCUT2D eigenvalue weighted by Crippen LogP contribution is -2.33. The first-order chi connectivity index (χ1) is 14.1. The number of amides is 1. The molecule has 0 saturated carbocycles. The molecular formula is C21H18F3N3O3. The van der Waals surface area contributed by atoms with Crippen LogP contribution in [-0.4, -0.2) is 22.1 Å². The van der Waals surface area contributed by atoms with Crippen molar-refractivity contribution in [2.75, 3.05) is 5.32 Å². The Balaban J connectivity index is 1.86. The van der Waals surface area contributed by atoms with Gasteiger partial charge in [-0.15, -0.1) is 13.2 Å². The molecule has 3 rings (SSSR count). The number of anilines is 1. The second kappa shape index (κ2) is 8.40. The van der Waals surface area contributed by atoms with Crippen molar-refractivity contribution in [3.8, 4) is 17.0 Å². The first-order valence-electron chi connectivity index (χ1n) is 8.96. The lowest BCUT2D eigenvalue weighted by molar-refractivity contribution is -0.274. The van der Waals surface area contributed by atoms with Crippen molar-refractivity contribution < 1.29 is 22.7 Å². The first kappa shape index (κ1) is 21.1. The lowest BCUT2D eigenvalue weighted by atomic mass is 10.1. The van der Waals surface area contributed by atoms with E-state index in [2.05, 4.69) is 15.2 Å². The normalized spacial score (nSPS) is 12.3. The molecule has 0 aliphatic heterocycles. The van der Waals surface area contributed by atoms with E-state index in [0.717, 1.165) is 21.9 Å². The summed E-state index contributed by atoms with van der Waals surface area (Å²) in [6.07, 6.45) is -4.91. The summed E-state index contributed by atoms with van der Waals surface area (Å²) in [6, 6.07) is 14.3. The lowest BCUT2D eigenvalue weighted by Gasteiger charge is -2.17. The molecule has 0 aliphatic rings. The van der Waals surface area contributed by atoms with Gasteiger partial charge < -0.3 is 10.1 Å². The van der Waals surface area contributed by atoms with E-state index in [1.807, 2.05) is 31.2 Å². The Morgan fingerprint density at radius 1 is 1.07 bits per heavy atom. The van der Waals surface area contributed by atoms with Crippen LogP contribution in [0, 0.1) is 6.92 Å². The summed E-state index contributed by atoms with van der Waals surface area (Å²) in [6.45, 7) is 3.36. The first-order valence-corrected chi connectivity index (χ1v) is 8.96. The molecule has 1 N–H and O–H groups in total. The summed E-state index contributed by atoms with van der Waals surface area (Å²) < 4.78 is 42.6. The van der Waals surface area contributed by atoms with E-state index in [9.17, 15) is 22.8 Å².